The zero-order valence-corrected chi connectivity index (χ0v) is 24.1. The fourth-order valence-corrected chi connectivity index (χ4v) is 7.34. The van der Waals surface area contributed by atoms with Gasteiger partial charge >= 0.3 is 6.03 Å². The molecule has 2 aliphatic heterocycles. The number of likely N-dealkylation sites (tertiary alicyclic amines) is 1. The first-order valence-electron chi connectivity index (χ1n) is 12.3. The van der Waals surface area contributed by atoms with Crippen LogP contribution in [0.2, 0.25) is 5.02 Å². The molecule has 2 amide bonds. The Bertz CT molecular complexity index is 1180. The summed E-state index contributed by atoms with van der Waals surface area (Å²) in [6, 6.07) is 9.94. The topological polar surface area (TPSA) is 106 Å². The molecule has 9 nitrogen and oxygen atoms in total. The lowest BCUT2D eigenvalue weighted by Gasteiger charge is -2.38. The molecule has 0 saturated carbocycles. The summed E-state index contributed by atoms with van der Waals surface area (Å²) in [5.41, 5.74) is 1.70. The number of amides is 2. The number of anilines is 1. The third-order valence-electron chi connectivity index (χ3n) is 7.12. The number of urea groups is 1. The SMILES string of the molecule is COc1cc(NC(=O)N[C@@H]2CS(=O)(=O)C[C@H]2N2CCC(Cc3ccc(Cl)cc3)CC2)cc(OC)c1OC.Cl. The number of hydrogen-bond donors (Lipinski definition) is 2. The van der Waals surface area contributed by atoms with E-state index in [0.717, 1.165) is 37.4 Å². The van der Waals surface area contributed by atoms with Gasteiger partial charge in [0, 0.05) is 23.2 Å². The standard InChI is InChI=1S/C26H34ClN3O6S.ClH/c1-34-23-13-20(14-24(35-2)25(23)36-3)28-26(31)29-21-15-37(32,33)16-22(21)30-10-8-18(9-11-30)12-17-4-6-19(27)7-5-17;/h4-7,13-14,18,21-22H,8-12,15-16H2,1-3H3,(H2,28,29,31);1H/t21-,22-;/m1./s1. The van der Waals surface area contributed by atoms with E-state index in [1.807, 2.05) is 12.1 Å². The Kier molecular flexibility index (Phi) is 10.4. The van der Waals surface area contributed by atoms with Crippen molar-refractivity contribution in [2.24, 2.45) is 5.92 Å². The highest BCUT2D eigenvalue weighted by Crippen LogP contribution is 2.40. The summed E-state index contributed by atoms with van der Waals surface area (Å²) in [4.78, 5) is 15.1. The second kappa shape index (κ2) is 13.1. The average Bonchev–Trinajstić information content (AvgIpc) is 3.18. The van der Waals surface area contributed by atoms with Crippen LogP contribution in [0.3, 0.4) is 0 Å². The van der Waals surface area contributed by atoms with Crippen molar-refractivity contribution in [3.8, 4) is 17.2 Å². The zero-order chi connectivity index (χ0) is 26.6. The summed E-state index contributed by atoms with van der Waals surface area (Å²) >= 11 is 6.00. The van der Waals surface area contributed by atoms with E-state index in [2.05, 4.69) is 27.7 Å². The van der Waals surface area contributed by atoms with Crippen LogP contribution < -0.4 is 24.8 Å². The summed E-state index contributed by atoms with van der Waals surface area (Å²) in [5, 5.41) is 6.39. The average molecular weight is 589 g/mol. The van der Waals surface area contributed by atoms with E-state index in [-0.39, 0.29) is 30.0 Å². The molecule has 4 rings (SSSR count). The Morgan fingerprint density at radius 1 is 1.00 bits per heavy atom. The normalized spacial score (nSPS) is 21.3. The van der Waals surface area contributed by atoms with Gasteiger partial charge in [-0.05, 0) is 56.0 Å². The molecular weight excluding hydrogens is 553 g/mol. The number of rotatable bonds is 8. The van der Waals surface area contributed by atoms with Gasteiger partial charge in [0.15, 0.2) is 21.3 Å². The van der Waals surface area contributed by atoms with Crippen LogP contribution in [0.4, 0.5) is 10.5 Å². The van der Waals surface area contributed by atoms with Crippen molar-refractivity contribution in [2.75, 3.05) is 51.2 Å². The molecule has 0 spiro atoms. The highest BCUT2D eigenvalue weighted by Gasteiger charge is 2.42. The molecule has 12 heteroatoms. The van der Waals surface area contributed by atoms with Gasteiger partial charge in [-0.15, -0.1) is 12.4 Å². The van der Waals surface area contributed by atoms with Crippen molar-refractivity contribution < 1.29 is 27.4 Å². The number of halogens is 2. The highest BCUT2D eigenvalue weighted by atomic mass is 35.5. The fraction of sp³-hybridized carbons (Fsp3) is 0.500. The molecule has 2 saturated heterocycles. The lowest BCUT2D eigenvalue weighted by Crippen LogP contribution is -2.54. The molecule has 2 N–H and O–H groups in total. The second-order valence-electron chi connectivity index (χ2n) is 9.57. The van der Waals surface area contributed by atoms with Crippen LogP contribution in [-0.4, -0.2) is 77.4 Å². The van der Waals surface area contributed by atoms with Gasteiger partial charge in [0.1, 0.15) is 0 Å². The molecule has 2 fully saturated rings. The van der Waals surface area contributed by atoms with Crippen molar-refractivity contribution in [1.29, 1.82) is 0 Å². The lowest BCUT2D eigenvalue weighted by atomic mass is 9.89. The lowest BCUT2D eigenvalue weighted by molar-refractivity contribution is 0.128. The Morgan fingerprint density at radius 2 is 1.61 bits per heavy atom. The molecule has 2 aromatic carbocycles. The van der Waals surface area contributed by atoms with Gasteiger partial charge in [-0.2, -0.15) is 0 Å². The molecule has 2 aliphatic rings. The summed E-state index contributed by atoms with van der Waals surface area (Å²) in [6.45, 7) is 1.59. The molecule has 2 aromatic rings. The van der Waals surface area contributed by atoms with E-state index in [9.17, 15) is 13.2 Å². The predicted molar refractivity (Wildman–Crippen MR) is 151 cm³/mol. The number of sulfone groups is 1. The molecule has 0 bridgehead atoms. The number of nitrogens with zero attached hydrogens (tertiary/aromatic N) is 1. The minimum absolute atomic E-state index is 0. The maximum Gasteiger partial charge on any atom is 0.319 e. The number of benzene rings is 2. The summed E-state index contributed by atoms with van der Waals surface area (Å²) < 4.78 is 41.1. The number of hydrogen-bond acceptors (Lipinski definition) is 7. The van der Waals surface area contributed by atoms with E-state index < -0.39 is 21.9 Å². The maximum absolute atomic E-state index is 12.9. The molecule has 38 heavy (non-hydrogen) atoms. The Balaban J connectivity index is 0.00000400. The molecular formula is C26H35Cl2N3O6S. The number of nitrogens with one attached hydrogen (secondary N) is 2. The first-order valence-corrected chi connectivity index (χ1v) is 14.5. The van der Waals surface area contributed by atoms with Crippen molar-refractivity contribution >= 4 is 45.6 Å². The number of methoxy groups -OCH3 is 3. The fourth-order valence-electron chi connectivity index (χ4n) is 5.26. The largest absolute Gasteiger partial charge is 0.493 e. The Labute approximate surface area is 235 Å². The molecule has 210 valence electrons. The van der Waals surface area contributed by atoms with Crippen LogP contribution in [0.25, 0.3) is 0 Å². The quantitative estimate of drug-likeness (QED) is 0.480. The van der Waals surface area contributed by atoms with Gasteiger partial charge in [-0.1, -0.05) is 23.7 Å². The summed E-state index contributed by atoms with van der Waals surface area (Å²) in [5.74, 6) is 1.72. The minimum atomic E-state index is -3.26. The van der Waals surface area contributed by atoms with Crippen LogP contribution in [-0.2, 0) is 16.3 Å². The Morgan fingerprint density at radius 3 is 2.16 bits per heavy atom. The maximum atomic E-state index is 12.9. The molecule has 0 radical (unpaired) electrons. The van der Waals surface area contributed by atoms with E-state index in [0.29, 0.717) is 28.9 Å². The van der Waals surface area contributed by atoms with Crippen LogP contribution in [0.1, 0.15) is 18.4 Å². The molecule has 0 unspecified atom stereocenters. The van der Waals surface area contributed by atoms with E-state index in [1.165, 1.54) is 26.9 Å². The highest BCUT2D eigenvalue weighted by molar-refractivity contribution is 7.91. The van der Waals surface area contributed by atoms with Gasteiger partial charge in [-0.25, -0.2) is 13.2 Å². The zero-order valence-electron chi connectivity index (χ0n) is 21.7. The van der Waals surface area contributed by atoms with Crippen molar-refractivity contribution in [3.63, 3.8) is 0 Å². The van der Waals surface area contributed by atoms with Crippen LogP contribution >= 0.6 is 24.0 Å². The Hall–Kier alpha value is -2.40. The molecule has 0 aromatic heterocycles. The summed E-state index contributed by atoms with van der Waals surface area (Å²) in [6.07, 6.45) is 2.93. The number of carbonyl (C=O) groups is 1. The van der Waals surface area contributed by atoms with E-state index in [4.69, 9.17) is 25.8 Å². The van der Waals surface area contributed by atoms with Crippen LogP contribution in [0.15, 0.2) is 36.4 Å². The van der Waals surface area contributed by atoms with Gasteiger partial charge < -0.3 is 24.8 Å². The van der Waals surface area contributed by atoms with Gasteiger partial charge in [0.25, 0.3) is 0 Å². The van der Waals surface area contributed by atoms with Crippen molar-refractivity contribution in [3.05, 3.63) is 47.0 Å². The number of piperidine rings is 1. The van der Waals surface area contributed by atoms with Crippen molar-refractivity contribution in [1.82, 2.24) is 10.2 Å². The molecule has 2 heterocycles. The van der Waals surface area contributed by atoms with Gasteiger partial charge in [0.2, 0.25) is 5.75 Å². The van der Waals surface area contributed by atoms with Gasteiger partial charge in [0.05, 0.1) is 44.6 Å². The monoisotopic (exact) mass is 587 g/mol. The predicted octanol–water partition coefficient (Wildman–Crippen LogP) is 4.03. The number of carbonyl (C=O) groups excluding carboxylic acids is 1. The first-order chi connectivity index (χ1) is 17.7. The first kappa shape index (κ1) is 30.1. The van der Waals surface area contributed by atoms with E-state index in [1.54, 1.807) is 12.1 Å². The van der Waals surface area contributed by atoms with E-state index >= 15 is 0 Å². The number of ether oxygens (including phenoxy) is 3. The van der Waals surface area contributed by atoms with Gasteiger partial charge in [-0.3, -0.25) is 4.90 Å². The second-order valence-corrected chi connectivity index (χ2v) is 12.2. The molecule has 2 atom stereocenters. The van der Waals surface area contributed by atoms with Crippen molar-refractivity contribution in [2.45, 2.75) is 31.3 Å². The third kappa shape index (κ3) is 7.37. The van der Waals surface area contributed by atoms with Crippen LogP contribution in [0, 0.1) is 5.92 Å². The third-order valence-corrected chi connectivity index (χ3v) is 9.09. The minimum Gasteiger partial charge on any atom is -0.493 e. The summed E-state index contributed by atoms with van der Waals surface area (Å²) in [7, 11) is 1.23. The molecule has 0 aliphatic carbocycles. The van der Waals surface area contributed by atoms with Crippen LogP contribution in [0.5, 0.6) is 17.2 Å². The smallest absolute Gasteiger partial charge is 0.319 e.